The van der Waals surface area contributed by atoms with Crippen molar-refractivity contribution in [3.8, 4) is 0 Å². The summed E-state index contributed by atoms with van der Waals surface area (Å²) in [7, 11) is 0. The third-order valence-electron chi connectivity index (χ3n) is 2.44. The first-order chi connectivity index (χ1) is 7.20. The lowest BCUT2D eigenvalue weighted by molar-refractivity contribution is 0.299. The van der Waals surface area contributed by atoms with Crippen LogP contribution in [-0.4, -0.2) is 27.1 Å². The smallest absolute Gasteiger partial charge is 0.239 e. The molecular weight excluding hydrogens is 212 g/mol. The van der Waals surface area contributed by atoms with Crippen molar-refractivity contribution < 1.29 is 9.63 Å². The lowest BCUT2D eigenvalue weighted by Crippen LogP contribution is -2.05. The van der Waals surface area contributed by atoms with Crippen LogP contribution in [0.2, 0.25) is 0 Å². The van der Waals surface area contributed by atoms with Crippen molar-refractivity contribution in [1.29, 1.82) is 0 Å². The average Bonchev–Trinajstić information content (AvgIpc) is 2.96. The van der Waals surface area contributed by atoms with Gasteiger partial charge in [0.1, 0.15) is 0 Å². The van der Waals surface area contributed by atoms with Crippen molar-refractivity contribution in [3.63, 3.8) is 0 Å². The van der Waals surface area contributed by atoms with E-state index in [1.54, 1.807) is 11.8 Å². The van der Waals surface area contributed by atoms with E-state index in [0.717, 1.165) is 5.82 Å². The summed E-state index contributed by atoms with van der Waals surface area (Å²) in [6.07, 6.45) is 2.38. The van der Waals surface area contributed by atoms with E-state index >= 15 is 0 Å². The molecule has 0 bridgehead atoms. The molecule has 84 valence electrons. The number of nitrogens with zero attached hydrogens (tertiary/aromatic N) is 2. The second kappa shape index (κ2) is 4.53. The van der Waals surface area contributed by atoms with Gasteiger partial charge in [-0.05, 0) is 19.8 Å². The molecule has 0 aliphatic heterocycles. The molecule has 2 unspecified atom stereocenters. The number of aliphatic hydroxyl groups excluding tert-OH is 1. The van der Waals surface area contributed by atoms with Crippen LogP contribution >= 0.6 is 11.8 Å². The first-order valence-electron chi connectivity index (χ1n) is 5.30. The van der Waals surface area contributed by atoms with Crippen molar-refractivity contribution in [2.24, 2.45) is 0 Å². The van der Waals surface area contributed by atoms with E-state index in [9.17, 15) is 0 Å². The molecule has 1 aromatic heterocycles. The third-order valence-corrected chi connectivity index (χ3v) is 3.66. The molecule has 1 aliphatic carbocycles. The maximum absolute atomic E-state index is 8.95. The summed E-state index contributed by atoms with van der Waals surface area (Å²) < 4.78 is 5.21. The highest BCUT2D eigenvalue weighted by atomic mass is 32.2. The Balaban J connectivity index is 1.95. The number of thioether (sulfide) groups is 1. The van der Waals surface area contributed by atoms with Gasteiger partial charge in [0, 0.05) is 11.2 Å². The first kappa shape index (κ1) is 11.0. The minimum absolute atomic E-state index is 0.159. The van der Waals surface area contributed by atoms with Gasteiger partial charge in [0.25, 0.3) is 0 Å². The van der Waals surface area contributed by atoms with E-state index in [1.807, 2.05) is 13.8 Å². The predicted octanol–water partition coefficient (Wildman–Crippen LogP) is 2.12. The van der Waals surface area contributed by atoms with Crippen molar-refractivity contribution in [2.45, 2.75) is 43.1 Å². The van der Waals surface area contributed by atoms with Gasteiger partial charge in [0.2, 0.25) is 5.89 Å². The monoisotopic (exact) mass is 228 g/mol. The Morgan fingerprint density at radius 1 is 1.53 bits per heavy atom. The fraction of sp³-hybridized carbons (Fsp3) is 0.800. The Morgan fingerprint density at radius 2 is 2.27 bits per heavy atom. The lowest BCUT2D eigenvalue weighted by atomic mass is 10.4. The summed E-state index contributed by atoms with van der Waals surface area (Å²) in [5.74, 6) is 2.08. The number of aromatic nitrogens is 2. The largest absolute Gasteiger partial charge is 0.395 e. The highest BCUT2D eigenvalue weighted by Crippen LogP contribution is 2.39. The fourth-order valence-corrected chi connectivity index (χ4v) is 2.36. The summed E-state index contributed by atoms with van der Waals surface area (Å²) in [6.45, 7) is 4.19. The van der Waals surface area contributed by atoms with Gasteiger partial charge in [-0.1, -0.05) is 12.1 Å². The van der Waals surface area contributed by atoms with E-state index in [-0.39, 0.29) is 17.1 Å². The molecule has 15 heavy (non-hydrogen) atoms. The van der Waals surface area contributed by atoms with E-state index in [2.05, 4.69) is 10.1 Å². The Hall–Kier alpha value is -0.550. The van der Waals surface area contributed by atoms with Crippen LogP contribution in [0, 0.1) is 0 Å². The third kappa shape index (κ3) is 2.72. The molecule has 0 amide bonds. The van der Waals surface area contributed by atoms with Gasteiger partial charge in [-0.15, -0.1) is 11.8 Å². The molecule has 2 atom stereocenters. The van der Waals surface area contributed by atoms with Crippen molar-refractivity contribution >= 4 is 11.8 Å². The Kier molecular flexibility index (Phi) is 3.31. The van der Waals surface area contributed by atoms with Crippen LogP contribution in [0.25, 0.3) is 0 Å². The second-order valence-electron chi connectivity index (χ2n) is 4.04. The Bertz CT molecular complexity index is 325. The molecule has 5 heteroatoms. The molecule has 1 N–H and O–H groups in total. The first-order valence-corrected chi connectivity index (χ1v) is 6.24. The second-order valence-corrected chi connectivity index (χ2v) is 5.82. The summed E-state index contributed by atoms with van der Waals surface area (Å²) >= 11 is 1.65. The molecule has 1 aliphatic rings. The van der Waals surface area contributed by atoms with Crippen LogP contribution in [0.3, 0.4) is 0 Å². The van der Waals surface area contributed by atoms with Crippen LogP contribution in [-0.2, 0) is 0 Å². The van der Waals surface area contributed by atoms with Crippen LogP contribution in [0.4, 0.5) is 0 Å². The van der Waals surface area contributed by atoms with Crippen molar-refractivity contribution in [2.75, 3.05) is 6.61 Å². The van der Waals surface area contributed by atoms with Crippen molar-refractivity contribution in [3.05, 3.63) is 11.7 Å². The zero-order valence-corrected chi connectivity index (χ0v) is 9.83. The quantitative estimate of drug-likeness (QED) is 0.836. The van der Waals surface area contributed by atoms with Crippen molar-refractivity contribution in [1.82, 2.24) is 10.1 Å². The molecule has 0 saturated heterocycles. The van der Waals surface area contributed by atoms with E-state index in [0.29, 0.717) is 11.8 Å². The molecule has 1 fully saturated rings. The topological polar surface area (TPSA) is 59.2 Å². The molecule has 1 saturated carbocycles. The highest BCUT2D eigenvalue weighted by Gasteiger charge is 2.29. The number of hydrogen-bond acceptors (Lipinski definition) is 5. The van der Waals surface area contributed by atoms with E-state index in [1.165, 1.54) is 12.8 Å². The van der Waals surface area contributed by atoms with Gasteiger partial charge < -0.3 is 9.63 Å². The van der Waals surface area contributed by atoms with E-state index < -0.39 is 0 Å². The SMILES string of the molecule is CC(CO)SC(C)c1nc(C2CC2)no1. The zero-order chi connectivity index (χ0) is 10.8. The standard InChI is InChI=1S/C10H16N2O2S/c1-6(5-13)15-7(2)10-11-9(12-14-10)8-3-4-8/h6-8,13H,3-5H2,1-2H3. The van der Waals surface area contributed by atoms with Crippen LogP contribution in [0.5, 0.6) is 0 Å². The summed E-state index contributed by atoms with van der Waals surface area (Å²) in [4.78, 5) is 4.38. The van der Waals surface area contributed by atoms with Crippen LogP contribution in [0.1, 0.15) is 49.6 Å². The van der Waals surface area contributed by atoms with Gasteiger partial charge in [-0.25, -0.2) is 0 Å². The van der Waals surface area contributed by atoms with Crippen LogP contribution < -0.4 is 0 Å². The summed E-state index contributed by atoms with van der Waals surface area (Å²) in [5, 5.41) is 13.3. The predicted molar refractivity (Wildman–Crippen MR) is 58.8 cm³/mol. The van der Waals surface area contributed by atoms with Gasteiger partial charge in [0.15, 0.2) is 5.82 Å². The van der Waals surface area contributed by atoms with E-state index in [4.69, 9.17) is 9.63 Å². The normalized spacial score (nSPS) is 20.2. The number of hydrogen-bond donors (Lipinski definition) is 1. The summed E-state index contributed by atoms with van der Waals surface area (Å²) in [5.41, 5.74) is 0. The maximum Gasteiger partial charge on any atom is 0.239 e. The molecule has 1 heterocycles. The molecule has 1 aromatic rings. The molecule has 0 spiro atoms. The van der Waals surface area contributed by atoms with Gasteiger partial charge in [-0.2, -0.15) is 4.98 Å². The molecular formula is C10H16N2O2S. The number of rotatable bonds is 5. The fourth-order valence-electron chi connectivity index (χ4n) is 1.37. The number of aliphatic hydroxyl groups is 1. The minimum Gasteiger partial charge on any atom is -0.395 e. The van der Waals surface area contributed by atoms with Gasteiger partial charge in [0.05, 0.1) is 11.9 Å². The maximum atomic E-state index is 8.95. The summed E-state index contributed by atoms with van der Waals surface area (Å²) in [6, 6.07) is 0. The Labute approximate surface area is 93.4 Å². The average molecular weight is 228 g/mol. The zero-order valence-electron chi connectivity index (χ0n) is 9.01. The van der Waals surface area contributed by atoms with Gasteiger partial charge >= 0.3 is 0 Å². The lowest BCUT2D eigenvalue weighted by Gasteiger charge is -2.10. The molecule has 0 aromatic carbocycles. The molecule has 2 rings (SSSR count). The van der Waals surface area contributed by atoms with Gasteiger partial charge in [-0.3, -0.25) is 0 Å². The van der Waals surface area contributed by atoms with Crippen LogP contribution in [0.15, 0.2) is 4.52 Å². The molecule has 4 nitrogen and oxygen atoms in total. The highest BCUT2D eigenvalue weighted by molar-refractivity contribution is 8.00. The minimum atomic E-state index is 0.159. The molecule has 0 radical (unpaired) electrons. The Morgan fingerprint density at radius 3 is 2.87 bits per heavy atom.